The number of piperidine rings is 1. The number of amides is 2. The number of carbonyl (C=O) groups is 2. The molecule has 1 fully saturated rings. The normalized spacial score (nSPS) is 15.5. The van der Waals surface area contributed by atoms with Gasteiger partial charge in [0.25, 0.3) is 5.91 Å². The van der Waals surface area contributed by atoms with E-state index in [9.17, 15) is 9.59 Å². The van der Waals surface area contributed by atoms with E-state index < -0.39 is 0 Å². The second-order valence-electron chi connectivity index (χ2n) is 5.14. The van der Waals surface area contributed by atoms with Gasteiger partial charge in [0.2, 0.25) is 11.9 Å². The summed E-state index contributed by atoms with van der Waals surface area (Å²) in [6.07, 6.45) is 4.50. The number of thiophene rings is 1. The summed E-state index contributed by atoms with van der Waals surface area (Å²) in [4.78, 5) is 34.2. The van der Waals surface area contributed by atoms with Crippen molar-refractivity contribution in [3.8, 4) is 0 Å². The van der Waals surface area contributed by atoms with Crippen molar-refractivity contribution in [3.63, 3.8) is 0 Å². The van der Waals surface area contributed by atoms with Crippen LogP contribution in [0.25, 0.3) is 0 Å². The van der Waals surface area contributed by atoms with Gasteiger partial charge in [0, 0.05) is 36.8 Å². The highest BCUT2D eigenvalue weighted by atomic mass is 32.1. The lowest BCUT2D eigenvalue weighted by atomic mass is 9.95. The minimum atomic E-state index is -0.102. The molecule has 2 amide bonds. The number of anilines is 1. The number of hydrogen-bond donors (Lipinski definition) is 1. The van der Waals surface area contributed by atoms with E-state index in [0.717, 1.165) is 5.56 Å². The zero-order valence-electron chi connectivity index (χ0n) is 11.9. The molecule has 1 saturated heterocycles. The zero-order chi connectivity index (χ0) is 15.4. The lowest BCUT2D eigenvalue weighted by Gasteiger charge is -2.31. The number of nitrogens with one attached hydrogen (secondary N) is 1. The molecule has 22 heavy (non-hydrogen) atoms. The second kappa shape index (κ2) is 6.65. The fraction of sp³-hybridized carbons (Fsp3) is 0.333. The molecular formula is C15H16N4O2S. The third-order valence-electron chi connectivity index (χ3n) is 3.72. The first-order chi connectivity index (χ1) is 10.7. The second-order valence-corrected chi connectivity index (χ2v) is 5.92. The smallest absolute Gasteiger partial charge is 0.254 e. The summed E-state index contributed by atoms with van der Waals surface area (Å²) in [5, 5.41) is 6.47. The van der Waals surface area contributed by atoms with Gasteiger partial charge in [-0.3, -0.25) is 14.9 Å². The van der Waals surface area contributed by atoms with Crippen molar-refractivity contribution >= 4 is 29.1 Å². The fourth-order valence-electron chi connectivity index (χ4n) is 2.49. The molecule has 114 valence electrons. The van der Waals surface area contributed by atoms with Crippen LogP contribution in [0.5, 0.6) is 0 Å². The van der Waals surface area contributed by atoms with Crippen molar-refractivity contribution in [2.45, 2.75) is 12.8 Å². The van der Waals surface area contributed by atoms with E-state index >= 15 is 0 Å². The topological polar surface area (TPSA) is 75.2 Å². The Morgan fingerprint density at radius 1 is 1.23 bits per heavy atom. The summed E-state index contributed by atoms with van der Waals surface area (Å²) in [7, 11) is 0. The van der Waals surface area contributed by atoms with Crippen molar-refractivity contribution in [3.05, 3.63) is 40.8 Å². The molecule has 7 heteroatoms. The maximum atomic E-state index is 12.2. The molecule has 6 nitrogen and oxygen atoms in total. The molecule has 3 heterocycles. The van der Waals surface area contributed by atoms with Crippen LogP contribution in [0.15, 0.2) is 35.3 Å². The molecule has 0 aliphatic carbocycles. The van der Waals surface area contributed by atoms with Crippen molar-refractivity contribution in [1.29, 1.82) is 0 Å². The van der Waals surface area contributed by atoms with Crippen LogP contribution in [0.3, 0.4) is 0 Å². The molecule has 2 aromatic rings. The highest BCUT2D eigenvalue weighted by molar-refractivity contribution is 7.08. The molecular weight excluding hydrogens is 300 g/mol. The zero-order valence-corrected chi connectivity index (χ0v) is 12.8. The average Bonchev–Trinajstić information content (AvgIpc) is 3.10. The van der Waals surface area contributed by atoms with Crippen molar-refractivity contribution in [1.82, 2.24) is 14.9 Å². The van der Waals surface area contributed by atoms with Crippen LogP contribution in [0, 0.1) is 5.92 Å². The quantitative estimate of drug-likeness (QED) is 0.940. The van der Waals surface area contributed by atoms with E-state index in [-0.39, 0.29) is 17.7 Å². The first kappa shape index (κ1) is 14.6. The largest absolute Gasteiger partial charge is 0.339 e. The molecule has 1 aliphatic heterocycles. The van der Waals surface area contributed by atoms with E-state index in [0.29, 0.717) is 31.9 Å². The molecule has 1 N–H and O–H groups in total. The number of carbonyl (C=O) groups excluding carboxylic acids is 2. The average molecular weight is 316 g/mol. The summed E-state index contributed by atoms with van der Waals surface area (Å²) < 4.78 is 0. The Kier molecular flexibility index (Phi) is 4.43. The minimum absolute atomic E-state index is 0.0477. The number of likely N-dealkylation sites (tertiary alicyclic amines) is 1. The van der Waals surface area contributed by atoms with Crippen LogP contribution >= 0.6 is 11.3 Å². The molecule has 0 unspecified atom stereocenters. The molecule has 1 aliphatic rings. The molecule has 0 saturated carbocycles. The predicted octanol–water partition coefficient (Wildman–Crippen LogP) is 2.03. The van der Waals surface area contributed by atoms with Crippen LogP contribution < -0.4 is 5.32 Å². The number of nitrogens with zero attached hydrogens (tertiary/aromatic N) is 3. The molecule has 0 aromatic carbocycles. The van der Waals surface area contributed by atoms with Crippen LogP contribution in [0.1, 0.15) is 23.2 Å². The van der Waals surface area contributed by atoms with E-state index in [1.807, 2.05) is 21.7 Å². The lowest BCUT2D eigenvalue weighted by molar-refractivity contribution is -0.121. The summed E-state index contributed by atoms with van der Waals surface area (Å²) in [5.41, 5.74) is 0.727. The van der Waals surface area contributed by atoms with Crippen molar-refractivity contribution < 1.29 is 9.59 Å². The summed E-state index contributed by atoms with van der Waals surface area (Å²) in [6, 6.07) is 3.53. The first-order valence-electron chi connectivity index (χ1n) is 7.13. The Morgan fingerprint density at radius 3 is 2.59 bits per heavy atom. The number of hydrogen-bond acceptors (Lipinski definition) is 5. The van der Waals surface area contributed by atoms with Gasteiger partial charge in [-0.25, -0.2) is 9.97 Å². The van der Waals surface area contributed by atoms with Crippen molar-refractivity contribution in [2.75, 3.05) is 18.4 Å². The van der Waals surface area contributed by atoms with Gasteiger partial charge in [-0.2, -0.15) is 11.3 Å². The van der Waals surface area contributed by atoms with Gasteiger partial charge in [-0.1, -0.05) is 0 Å². The highest BCUT2D eigenvalue weighted by Crippen LogP contribution is 2.21. The summed E-state index contributed by atoms with van der Waals surface area (Å²) in [6.45, 7) is 1.20. The van der Waals surface area contributed by atoms with Gasteiger partial charge < -0.3 is 4.90 Å². The molecule has 0 bridgehead atoms. The van der Waals surface area contributed by atoms with E-state index in [2.05, 4.69) is 15.3 Å². The molecule has 3 rings (SSSR count). The number of aromatic nitrogens is 2. The van der Waals surface area contributed by atoms with Crippen LogP contribution in [-0.2, 0) is 4.79 Å². The SMILES string of the molecule is O=C(Nc1ncccn1)C1CCN(C(=O)c2ccsc2)CC1. The van der Waals surface area contributed by atoms with Crippen LogP contribution in [0.2, 0.25) is 0 Å². The van der Waals surface area contributed by atoms with Crippen LogP contribution in [0.4, 0.5) is 5.95 Å². The standard InChI is InChI=1S/C15H16N4O2S/c20-13(18-15-16-5-1-6-17-15)11-2-7-19(8-3-11)14(21)12-4-9-22-10-12/h1,4-6,9-11H,2-3,7-8H2,(H,16,17,18,20). The van der Waals surface area contributed by atoms with Crippen LogP contribution in [-0.4, -0.2) is 39.8 Å². The van der Waals surface area contributed by atoms with Gasteiger partial charge in [0.05, 0.1) is 5.56 Å². The molecule has 0 atom stereocenters. The third kappa shape index (κ3) is 3.30. The minimum Gasteiger partial charge on any atom is -0.339 e. The highest BCUT2D eigenvalue weighted by Gasteiger charge is 2.28. The Balaban J connectivity index is 1.53. The van der Waals surface area contributed by atoms with Gasteiger partial charge in [0.1, 0.15) is 0 Å². The van der Waals surface area contributed by atoms with Gasteiger partial charge >= 0.3 is 0 Å². The summed E-state index contributed by atoms with van der Waals surface area (Å²) in [5.74, 6) is 0.194. The molecule has 0 spiro atoms. The van der Waals surface area contributed by atoms with Gasteiger partial charge in [-0.15, -0.1) is 0 Å². The van der Waals surface area contributed by atoms with E-state index in [1.54, 1.807) is 18.5 Å². The maximum Gasteiger partial charge on any atom is 0.254 e. The van der Waals surface area contributed by atoms with E-state index in [4.69, 9.17) is 0 Å². The Hall–Kier alpha value is -2.28. The van der Waals surface area contributed by atoms with E-state index in [1.165, 1.54) is 11.3 Å². The number of rotatable bonds is 3. The van der Waals surface area contributed by atoms with Gasteiger partial charge in [0.15, 0.2) is 0 Å². The first-order valence-corrected chi connectivity index (χ1v) is 8.07. The Labute approximate surface area is 132 Å². The fourth-order valence-corrected chi connectivity index (χ4v) is 3.12. The third-order valence-corrected chi connectivity index (χ3v) is 4.41. The summed E-state index contributed by atoms with van der Waals surface area (Å²) >= 11 is 1.51. The maximum absolute atomic E-state index is 12.2. The Morgan fingerprint density at radius 2 is 1.95 bits per heavy atom. The molecule has 2 aromatic heterocycles. The lowest BCUT2D eigenvalue weighted by Crippen LogP contribution is -2.41. The van der Waals surface area contributed by atoms with Gasteiger partial charge in [-0.05, 0) is 30.4 Å². The Bertz CT molecular complexity index is 637. The van der Waals surface area contributed by atoms with Crippen molar-refractivity contribution in [2.24, 2.45) is 5.92 Å². The predicted molar refractivity (Wildman–Crippen MR) is 83.6 cm³/mol. The molecule has 0 radical (unpaired) electrons. The monoisotopic (exact) mass is 316 g/mol.